The van der Waals surface area contributed by atoms with Gasteiger partial charge in [-0.05, 0) is 80.2 Å². The number of halogens is 1. The number of nitrogens with zero attached hydrogens (tertiary/aromatic N) is 1. The quantitative estimate of drug-likeness (QED) is 0.200. The van der Waals surface area contributed by atoms with Crippen LogP contribution in [0.4, 0.5) is 4.39 Å². The zero-order valence-electron chi connectivity index (χ0n) is 24.4. The van der Waals surface area contributed by atoms with Gasteiger partial charge in [-0.1, -0.05) is 38.1 Å². The number of benzene rings is 2. The van der Waals surface area contributed by atoms with E-state index in [4.69, 9.17) is 10.5 Å². The molecule has 1 amide bonds. The van der Waals surface area contributed by atoms with Gasteiger partial charge in [-0.3, -0.25) is 4.79 Å². The van der Waals surface area contributed by atoms with E-state index in [1.807, 2.05) is 6.92 Å². The van der Waals surface area contributed by atoms with Crippen molar-refractivity contribution >= 4 is 15.9 Å². The maximum absolute atomic E-state index is 14.3. The van der Waals surface area contributed by atoms with Crippen molar-refractivity contribution in [3.8, 4) is 5.75 Å². The molecule has 0 aromatic heterocycles. The van der Waals surface area contributed by atoms with Crippen LogP contribution in [0.25, 0.3) is 0 Å². The molecule has 41 heavy (non-hydrogen) atoms. The van der Waals surface area contributed by atoms with Crippen LogP contribution in [-0.2, 0) is 33.2 Å². The van der Waals surface area contributed by atoms with Gasteiger partial charge >= 0.3 is 0 Å². The van der Waals surface area contributed by atoms with Crippen LogP contribution in [0.1, 0.15) is 75.5 Å². The summed E-state index contributed by atoms with van der Waals surface area (Å²) in [5.41, 5.74) is 8.40. The fraction of sp³-hybridized carbons (Fsp3) is 0.581. The van der Waals surface area contributed by atoms with Gasteiger partial charge in [0.1, 0.15) is 11.6 Å². The zero-order valence-corrected chi connectivity index (χ0v) is 25.2. The van der Waals surface area contributed by atoms with Gasteiger partial charge < -0.3 is 20.9 Å². The van der Waals surface area contributed by atoms with Gasteiger partial charge in [0, 0.05) is 37.7 Å². The summed E-state index contributed by atoms with van der Waals surface area (Å²) in [7, 11) is -3.55. The lowest BCUT2D eigenvalue weighted by molar-refractivity contribution is -0.117. The number of aliphatic hydroxyl groups excluding tert-OH is 1. The molecule has 1 saturated carbocycles. The van der Waals surface area contributed by atoms with Crippen molar-refractivity contribution in [2.24, 2.45) is 5.73 Å². The second-order valence-corrected chi connectivity index (χ2v) is 13.1. The topological polar surface area (TPSA) is 122 Å². The second-order valence-electron chi connectivity index (χ2n) is 11.0. The van der Waals surface area contributed by atoms with Crippen LogP contribution in [0.15, 0.2) is 42.5 Å². The number of aryl methyl sites for hydroxylation is 2. The van der Waals surface area contributed by atoms with Crippen LogP contribution in [-0.4, -0.2) is 61.8 Å². The molecule has 228 valence electrons. The summed E-state index contributed by atoms with van der Waals surface area (Å²) in [4.78, 5) is 11.0. The molecule has 4 N–H and O–H groups in total. The summed E-state index contributed by atoms with van der Waals surface area (Å²) in [5.74, 6) is -0.907. The Morgan fingerprint density at radius 2 is 1.93 bits per heavy atom. The van der Waals surface area contributed by atoms with Crippen LogP contribution in [0, 0.1) is 5.82 Å². The Kier molecular flexibility index (Phi) is 12.6. The Morgan fingerprint density at radius 3 is 2.61 bits per heavy atom. The van der Waals surface area contributed by atoms with Gasteiger partial charge in [0.05, 0.1) is 18.5 Å². The van der Waals surface area contributed by atoms with Crippen molar-refractivity contribution in [3.63, 3.8) is 0 Å². The number of carbonyl (C=O) groups excluding carboxylic acids is 1. The zero-order chi connectivity index (χ0) is 29.9. The van der Waals surface area contributed by atoms with E-state index in [0.29, 0.717) is 64.1 Å². The Balaban J connectivity index is 1.42. The van der Waals surface area contributed by atoms with Gasteiger partial charge in [-0.25, -0.2) is 17.1 Å². The minimum absolute atomic E-state index is 0.0483. The number of nitrogens with two attached hydrogens (primary N) is 1. The molecule has 0 heterocycles. The van der Waals surface area contributed by atoms with E-state index in [2.05, 4.69) is 36.5 Å². The molecule has 1 fully saturated rings. The molecule has 0 unspecified atom stereocenters. The van der Waals surface area contributed by atoms with Gasteiger partial charge in [-0.15, -0.1) is 0 Å². The lowest BCUT2D eigenvalue weighted by atomic mass is 10.00. The SMILES string of the molecule is CCCN(CCCCOc1cc(F)cc(CC[C@H](O)CNC2(c3cccc(CC)c3)CC2)c1)S(=O)(=O)CCC(N)=O. The van der Waals surface area contributed by atoms with Crippen LogP contribution in [0.3, 0.4) is 0 Å². The molecule has 10 heteroatoms. The van der Waals surface area contributed by atoms with E-state index in [9.17, 15) is 22.7 Å². The molecule has 1 atom stereocenters. The highest BCUT2D eigenvalue weighted by molar-refractivity contribution is 7.89. The fourth-order valence-electron chi connectivity index (χ4n) is 4.96. The summed E-state index contributed by atoms with van der Waals surface area (Å²) in [5, 5.41) is 14.2. The fourth-order valence-corrected chi connectivity index (χ4v) is 6.54. The average Bonchev–Trinajstić information content (AvgIpc) is 3.74. The van der Waals surface area contributed by atoms with Gasteiger partial charge in [0.2, 0.25) is 15.9 Å². The highest BCUT2D eigenvalue weighted by Crippen LogP contribution is 2.45. The van der Waals surface area contributed by atoms with E-state index in [1.165, 1.54) is 27.6 Å². The van der Waals surface area contributed by atoms with Crippen molar-refractivity contribution in [2.45, 2.75) is 83.3 Å². The molecular formula is C31H46FN3O5S. The van der Waals surface area contributed by atoms with Crippen molar-refractivity contribution in [3.05, 3.63) is 65.0 Å². The molecule has 2 aromatic carbocycles. The monoisotopic (exact) mass is 591 g/mol. The van der Waals surface area contributed by atoms with E-state index < -0.39 is 27.9 Å². The van der Waals surface area contributed by atoms with E-state index >= 15 is 0 Å². The summed E-state index contributed by atoms with van der Waals surface area (Å²) in [6, 6.07) is 13.2. The first kappa shape index (κ1) is 33.0. The molecule has 8 nitrogen and oxygen atoms in total. The van der Waals surface area contributed by atoms with Crippen molar-refractivity contribution in [2.75, 3.05) is 32.0 Å². The number of carbonyl (C=O) groups is 1. The van der Waals surface area contributed by atoms with Crippen molar-refractivity contribution in [1.82, 2.24) is 9.62 Å². The maximum atomic E-state index is 14.3. The Morgan fingerprint density at radius 1 is 1.15 bits per heavy atom. The summed E-state index contributed by atoms with van der Waals surface area (Å²) < 4.78 is 46.4. The third kappa shape index (κ3) is 10.7. The molecule has 3 rings (SSSR count). The highest BCUT2D eigenvalue weighted by atomic mass is 32.2. The lowest BCUT2D eigenvalue weighted by Crippen LogP contribution is -2.36. The van der Waals surface area contributed by atoms with Crippen LogP contribution < -0.4 is 15.8 Å². The number of sulfonamides is 1. The lowest BCUT2D eigenvalue weighted by Gasteiger charge is -2.21. The van der Waals surface area contributed by atoms with Crippen molar-refractivity contribution < 1.29 is 27.4 Å². The van der Waals surface area contributed by atoms with Gasteiger partial charge in [0.25, 0.3) is 0 Å². The second kappa shape index (κ2) is 15.6. The Hall–Kier alpha value is -2.53. The number of aliphatic hydroxyl groups is 1. The van der Waals surface area contributed by atoms with Crippen LogP contribution in [0.2, 0.25) is 0 Å². The first-order chi connectivity index (χ1) is 19.6. The largest absolute Gasteiger partial charge is 0.493 e. The number of hydrogen-bond acceptors (Lipinski definition) is 6. The summed E-state index contributed by atoms with van der Waals surface area (Å²) in [6.07, 6.45) is 5.19. The normalized spacial score (nSPS) is 15.1. The van der Waals surface area contributed by atoms with E-state index in [0.717, 1.165) is 24.8 Å². The van der Waals surface area contributed by atoms with Crippen LogP contribution >= 0.6 is 0 Å². The number of ether oxygens (including phenoxy) is 1. The molecule has 0 bridgehead atoms. The number of nitrogens with one attached hydrogen (secondary N) is 1. The standard InChI is InChI=1S/C31H46FN3O5S/c1-3-15-35(41(38,39)18-12-30(33)37)16-5-6-17-40-29-21-25(20-27(32)22-29)10-11-28(36)23-34-31(13-14-31)26-9-7-8-24(4-2)19-26/h7-9,19-22,28,34,36H,3-6,10-18,23H2,1-2H3,(H2,33,37)/t28-/m0/s1. The van der Waals surface area contributed by atoms with E-state index in [1.54, 1.807) is 6.07 Å². The molecule has 1 aliphatic rings. The summed E-state index contributed by atoms with van der Waals surface area (Å²) >= 11 is 0. The molecule has 2 aromatic rings. The molecule has 0 saturated heterocycles. The number of amides is 1. The van der Waals surface area contributed by atoms with Gasteiger partial charge in [0.15, 0.2) is 0 Å². The maximum Gasteiger partial charge on any atom is 0.218 e. The minimum atomic E-state index is -3.55. The summed E-state index contributed by atoms with van der Waals surface area (Å²) in [6.45, 7) is 5.54. The first-order valence-electron chi connectivity index (χ1n) is 14.8. The van der Waals surface area contributed by atoms with E-state index in [-0.39, 0.29) is 17.7 Å². The Bertz CT molecular complexity index is 1240. The first-order valence-corrected chi connectivity index (χ1v) is 16.4. The predicted molar refractivity (Wildman–Crippen MR) is 160 cm³/mol. The van der Waals surface area contributed by atoms with Gasteiger partial charge in [-0.2, -0.15) is 0 Å². The molecular weight excluding hydrogens is 545 g/mol. The minimum Gasteiger partial charge on any atom is -0.493 e. The average molecular weight is 592 g/mol. The number of hydrogen-bond donors (Lipinski definition) is 3. The molecule has 1 aliphatic carbocycles. The smallest absolute Gasteiger partial charge is 0.218 e. The Labute approximate surface area is 244 Å². The molecule has 0 radical (unpaired) electrons. The number of rotatable bonds is 20. The highest BCUT2D eigenvalue weighted by Gasteiger charge is 2.44. The number of primary amides is 1. The molecule has 0 spiro atoms. The molecule has 0 aliphatic heterocycles. The third-order valence-corrected chi connectivity index (χ3v) is 9.43. The van der Waals surface area contributed by atoms with Crippen molar-refractivity contribution in [1.29, 1.82) is 0 Å². The number of unbranched alkanes of at least 4 members (excludes halogenated alkanes) is 1. The van der Waals surface area contributed by atoms with Crippen LogP contribution in [0.5, 0.6) is 5.75 Å². The third-order valence-electron chi connectivity index (χ3n) is 7.55. The predicted octanol–water partition coefficient (Wildman–Crippen LogP) is 4.04.